The molecule has 2 saturated heterocycles. The van der Waals surface area contributed by atoms with E-state index in [2.05, 4.69) is 5.32 Å². The maximum Gasteiger partial charge on any atom is 0.291 e. The van der Waals surface area contributed by atoms with Crippen LogP contribution in [0.15, 0.2) is 36.4 Å². The van der Waals surface area contributed by atoms with Crippen LogP contribution in [0.4, 0.5) is 10.1 Å². The lowest BCUT2D eigenvalue weighted by Crippen LogP contribution is -2.99. The highest BCUT2D eigenvalue weighted by Gasteiger charge is 2.74. The Hall–Kier alpha value is -3.30. The summed E-state index contributed by atoms with van der Waals surface area (Å²) in [6, 6.07) is 8.14. The number of benzene rings is 2. The summed E-state index contributed by atoms with van der Waals surface area (Å²) >= 11 is 6.24. The second-order valence-electron chi connectivity index (χ2n) is 8.81. The van der Waals surface area contributed by atoms with Crippen LogP contribution in [0.3, 0.4) is 0 Å². The number of primary amides is 1. The molecule has 5 N–H and O–H groups in total. The number of amides is 4. The Bertz CT molecular complexity index is 1230. The number of carbonyl (C=O) groups is 4. The van der Waals surface area contributed by atoms with Crippen LogP contribution in [0.1, 0.15) is 23.1 Å². The topological polar surface area (TPSA) is 126 Å². The van der Waals surface area contributed by atoms with Gasteiger partial charge in [-0.3, -0.25) is 24.1 Å². The molecular formula is C23H21ClFN4O4+. The molecule has 8 nitrogen and oxygen atoms in total. The van der Waals surface area contributed by atoms with Gasteiger partial charge in [-0.1, -0.05) is 23.7 Å². The number of imide groups is 1. The Balaban J connectivity index is 1.61. The first kappa shape index (κ1) is 21.5. The Morgan fingerprint density at radius 1 is 1.18 bits per heavy atom. The number of nitrogens with two attached hydrogens (primary N) is 2. The fraction of sp³-hybridized carbons (Fsp3) is 0.304. The zero-order valence-corrected chi connectivity index (χ0v) is 18.4. The molecule has 5 rings (SSSR count). The first-order valence-electron chi connectivity index (χ1n) is 10.5. The normalized spacial score (nSPS) is 27.8. The Kier molecular flexibility index (Phi) is 4.80. The molecular weight excluding hydrogens is 451 g/mol. The van der Waals surface area contributed by atoms with Crippen LogP contribution in [0.25, 0.3) is 0 Å². The highest BCUT2D eigenvalue weighted by Crippen LogP contribution is 2.51. The van der Waals surface area contributed by atoms with E-state index in [1.54, 1.807) is 24.4 Å². The van der Waals surface area contributed by atoms with Crippen LogP contribution in [0.5, 0.6) is 0 Å². The molecule has 10 heteroatoms. The van der Waals surface area contributed by atoms with Gasteiger partial charge in [0.1, 0.15) is 23.7 Å². The number of carbonyl (C=O) groups excluding carboxylic acids is 4. The average Bonchev–Trinajstić information content (AvgIpc) is 3.33. The van der Waals surface area contributed by atoms with Gasteiger partial charge >= 0.3 is 0 Å². The van der Waals surface area contributed by atoms with Crippen molar-refractivity contribution < 1.29 is 28.9 Å². The number of likely N-dealkylation sites (tertiary alicyclic amines) is 1. The van der Waals surface area contributed by atoms with E-state index in [0.29, 0.717) is 27.4 Å². The molecule has 3 aliphatic heterocycles. The maximum atomic E-state index is 13.7. The number of quaternary nitrogens is 1. The molecule has 2 aromatic rings. The van der Waals surface area contributed by atoms with Crippen LogP contribution >= 0.6 is 11.6 Å². The molecule has 170 valence electrons. The average molecular weight is 472 g/mol. The molecule has 4 atom stereocenters. The third-order valence-electron chi connectivity index (χ3n) is 7.02. The standard InChI is InChI=1S/C23H20ClFN4O4/c1-10-14(24)7-6-13-19(10)27-22(33)23(13)18-17(15(28-23)8-16(26)30)20(31)29(21(18)32)9-11-2-4-12(25)5-3-11/h2-7,15,17-18,28H,8-9H2,1H3,(H2,26,30)(H,27,33)/p+1/t15-,17-,18+,23+/m1/s1. The summed E-state index contributed by atoms with van der Waals surface area (Å²) in [5.74, 6) is -4.40. The second-order valence-corrected chi connectivity index (χ2v) is 9.22. The summed E-state index contributed by atoms with van der Waals surface area (Å²) in [5.41, 5.74) is 6.32. The van der Waals surface area contributed by atoms with Crippen molar-refractivity contribution in [2.75, 3.05) is 5.32 Å². The SMILES string of the molecule is Cc1c(Cl)ccc2c1NC(=O)[C@]21[NH2+][C@H](CC(N)=O)[C@H]2C(=O)N(Cc3ccc(F)cc3)C(=O)[C@H]21. The molecule has 0 saturated carbocycles. The van der Waals surface area contributed by atoms with Crippen molar-refractivity contribution in [1.82, 2.24) is 4.90 Å². The summed E-state index contributed by atoms with van der Waals surface area (Å²) < 4.78 is 13.3. The number of anilines is 1. The van der Waals surface area contributed by atoms with Gasteiger partial charge < -0.3 is 16.4 Å². The lowest BCUT2D eigenvalue weighted by molar-refractivity contribution is -0.732. The zero-order chi connectivity index (χ0) is 23.7. The molecule has 0 radical (unpaired) electrons. The largest absolute Gasteiger partial charge is 0.369 e. The number of fused-ring (bicyclic) bond motifs is 4. The first-order valence-corrected chi connectivity index (χ1v) is 10.9. The van der Waals surface area contributed by atoms with Gasteiger partial charge in [0.2, 0.25) is 23.3 Å². The van der Waals surface area contributed by atoms with E-state index in [4.69, 9.17) is 17.3 Å². The summed E-state index contributed by atoms with van der Waals surface area (Å²) in [4.78, 5) is 53.4. The lowest BCUT2D eigenvalue weighted by atomic mass is 9.76. The molecule has 0 aromatic heterocycles. The van der Waals surface area contributed by atoms with Gasteiger partial charge in [0, 0.05) is 10.6 Å². The molecule has 0 unspecified atom stereocenters. The summed E-state index contributed by atoms with van der Waals surface area (Å²) in [6.07, 6.45) is -0.165. The number of halogens is 2. The zero-order valence-electron chi connectivity index (χ0n) is 17.6. The van der Waals surface area contributed by atoms with Crippen LogP contribution in [-0.2, 0) is 31.3 Å². The highest BCUT2D eigenvalue weighted by molar-refractivity contribution is 6.32. The predicted molar refractivity (Wildman–Crippen MR) is 115 cm³/mol. The van der Waals surface area contributed by atoms with E-state index < -0.39 is 52.9 Å². The fourth-order valence-corrected chi connectivity index (χ4v) is 5.72. The van der Waals surface area contributed by atoms with Crippen molar-refractivity contribution in [2.45, 2.75) is 31.5 Å². The summed E-state index contributed by atoms with van der Waals surface area (Å²) in [7, 11) is 0. The monoisotopic (exact) mass is 471 g/mol. The van der Waals surface area contributed by atoms with Gasteiger partial charge in [-0.25, -0.2) is 4.39 Å². The highest BCUT2D eigenvalue weighted by atomic mass is 35.5. The van der Waals surface area contributed by atoms with E-state index in [0.717, 1.165) is 4.90 Å². The quantitative estimate of drug-likeness (QED) is 0.563. The van der Waals surface area contributed by atoms with Crippen molar-refractivity contribution in [3.63, 3.8) is 0 Å². The molecule has 2 aromatic carbocycles. The van der Waals surface area contributed by atoms with Gasteiger partial charge in [-0.05, 0) is 42.3 Å². The van der Waals surface area contributed by atoms with Crippen molar-refractivity contribution in [2.24, 2.45) is 17.6 Å². The number of hydrogen-bond donors (Lipinski definition) is 3. The molecule has 4 amide bonds. The molecule has 2 fully saturated rings. The van der Waals surface area contributed by atoms with E-state index in [-0.39, 0.29) is 13.0 Å². The molecule has 3 aliphatic rings. The molecule has 33 heavy (non-hydrogen) atoms. The minimum absolute atomic E-state index is 0.0571. The molecule has 0 aliphatic carbocycles. The summed E-state index contributed by atoms with van der Waals surface area (Å²) in [5, 5.41) is 4.94. The van der Waals surface area contributed by atoms with Crippen molar-refractivity contribution in [1.29, 1.82) is 0 Å². The van der Waals surface area contributed by atoms with Gasteiger partial charge in [0.25, 0.3) is 5.91 Å². The predicted octanol–water partition coefficient (Wildman–Crippen LogP) is 0.557. The fourth-order valence-electron chi connectivity index (χ4n) is 5.56. The Labute approximate surface area is 193 Å². The van der Waals surface area contributed by atoms with E-state index in [1.807, 2.05) is 0 Å². The van der Waals surface area contributed by atoms with Crippen molar-refractivity contribution in [3.8, 4) is 0 Å². The second kappa shape index (κ2) is 7.36. The van der Waals surface area contributed by atoms with Crippen molar-refractivity contribution in [3.05, 3.63) is 63.9 Å². The molecule has 1 spiro atoms. The molecule has 0 bridgehead atoms. The van der Waals surface area contributed by atoms with E-state index in [9.17, 15) is 23.6 Å². The lowest BCUT2D eigenvalue weighted by Gasteiger charge is -2.26. The Morgan fingerprint density at radius 2 is 1.88 bits per heavy atom. The van der Waals surface area contributed by atoms with E-state index >= 15 is 0 Å². The van der Waals surface area contributed by atoms with Crippen molar-refractivity contribution >= 4 is 40.9 Å². The summed E-state index contributed by atoms with van der Waals surface area (Å²) in [6.45, 7) is 1.70. The number of nitrogens with zero attached hydrogens (tertiary/aromatic N) is 1. The smallest absolute Gasteiger partial charge is 0.291 e. The van der Waals surface area contributed by atoms with Crippen LogP contribution < -0.4 is 16.4 Å². The van der Waals surface area contributed by atoms with Gasteiger partial charge in [-0.15, -0.1) is 0 Å². The third-order valence-corrected chi connectivity index (χ3v) is 7.43. The van der Waals surface area contributed by atoms with Gasteiger partial charge in [-0.2, -0.15) is 0 Å². The minimum Gasteiger partial charge on any atom is -0.369 e. The molecule has 3 heterocycles. The number of hydrogen-bond acceptors (Lipinski definition) is 4. The maximum absolute atomic E-state index is 13.7. The first-order chi connectivity index (χ1) is 15.6. The third kappa shape index (κ3) is 2.99. The van der Waals surface area contributed by atoms with Crippen LogP contribution in [-0.4, -0.2) is 34.6 Å². The minimum atomic E-state index is -1.42. The van der Waals surface area contributed by atoms with E-state index in [1.165, 1.54) is 24.3 Å². The van der Waals surface area contributed by atoms with Crippen LogP contribution in [0.2, 0.25) is 5.02 Å². The number of nitrogens with one attached hydrogen (secondary N) is 1. The van der Waals surface area contributed by atoms with Gasteiger partial charge in [0.05, 0.1) is 18.7 Å². The number of rotatable bonds is 4. The van der Waals surface area contributed by atoms with Crippen LogP contribution in [0, 0.1) is 24.6 Å². The Morgan fingerprint density at radius 3 is 2.55 bits per heavy atom. The van der Waals surface area contributed by atoms with Gasteiger partial charge in [0.15, 0.2) is 0 Å².